The molecule has 2 aromatic carbocycles. The molecule has 49 heavy (non-hydrogen) atoms. The minimum atomic E-state index is -1.38. The van der Waals surface area contributed by atoms with Crippen molar-refractivity contribution < 1.29 is 47.8 Å². The predicted molar refractivity (Wildman–Crippen MR) is 170 cm³/mol. The maximum Gasteiger partial charge on any atom is 0.513 e. The molecule has 0 aliphatic carbocycles. The number of β-lactam (4-membered cyclic amide) rings is 1. The number of para-hydroxylation sites is 1. The summed E-state index contributed by atoms with van der Waals surface area (Å²) < 4.78 is 14.9. The lowest BCUT2D eigenvalue weighted by atomic mass is 10.0. The number of benzene rings is 2. The minimum Gasteiger partial charge on any atom is -0.477 e. The number of carbonyl (C=O) groups excluding carboxylic acids is 5. The molecule has 5 rings (SSSR count). The zero-order valence-corrected chi connectivity index (χ0v) is 27.0. The third-order valence-corrected chi connectivity index (χ3v) is 9.15. The number of thioether (sulfide) groups is 1. The summed E-state index contributed by atoms with van der Waals surface area (Å²) in [5.41, 5.74) is -1.32. The van der Waals surface area contributed by atoms with Crippen LogP contribution in [0.2, 0.25) is 0 Å². The van der Waals surface area contributed by atoms with Gasteiger partial charge in [0.05, 0.1) is 17.5 Å². The van der Waals surface area contributed by atoms with Crippen LogP contribution in [-0.2, 0) is 35.3 Å². The van der Waals surface area contributed by atoms with E-state index >= 15 is 0 Å². The number of halogens is 1. The lowest BCUT2D eigenvalue weighted by molar-refractivity contribution is -0.151. The molecule has 0 spiro atoms. The van der Waals surface area contributed by atoms with Crippen molar-refractivity contribution in [3.63, 3.8) is 0 Å². The van der Waals surface area contributed by atoms with Crippen LogP contribution in [0.1, 0.15) is 18.5 Å². The van der Waals surface area contributed by atoms with Crippen molar-refractivity contribution in [2.75, 3.05) is 12.9 Å². The van der Waals surface area contributed by atoms with Gasteiger partial charge in [0.1, 0.15) is 35.7 Å². The first-order valence-electron chi connectivity index (χ1n) is 14.3. The van der Waals surface area contributed by atoms with Gasteiger partial charge in [-0.15, -0.1) is 11.8 Å². The fourth-order valence-electron chi connectivity index (χ4n) is 5.04. The molecule has 0 bridgehead atoms. The first-order chi connectivity index (χ1) is 23.3. The van der Waals surface area contributed by atoms with Crippen LogP contribution >= 0.6 is 23.4 Å². The Morgan fingerprint density at radius 2 is 1.76 bits per heavy atom. The quantitative estimate of drug-likeness (QED) is 0.127. The van der Waals surface area contributed by atoms with Gasteiger partial charge in [-0.2, -0.15) is 0 Å². The van der Waals surface area contributed by atoms with Crippen molar-refractivity contribution in [1.29, 1.82) is 0 Å². The Hall–Kier alpha value is -5.62. The van der Waals surface area contributed by atoms with E-state index in [2.05, 4.69) is 20.7 Å². The van der Waals surface area contributed by atoms with E-state index in [0.717, 1.165) is 23.8 Å². The predicted octanol–water partition coefficient (Wildman–Crippen LogP) is 0.397. The molecule has 0 saturated carbocycles. The van der Waals surface area contributed by atoms with Crippen LogP contribution in [0, 0.1) is 0 Å². The van der Waals surface area contributed by atoms with Crippen molar-refractivity contribution in [1.82, 2.24) is 25.4 Å². The molecular formula is C30H26ClN5O12S. The van der Waals surface area contributed by atoms with Crippen molar-refractivity contribution >= 4 is 70.1 Å². The highest BCUT2D eigenvalue weighted by Crippen LogP contribution is 2.41. The van der Waals surface area contributed by atoms with E-state index in [4.69, 9.17) is 20.8 Å². The van der Waals surface area contributed by atoms with Gasteiger partial charge in [-0.1, -0.05) is 48.0 Å². The van der Waals surface area contributed by atoms with E-state index in [1.54, 1.807) is 30.3 Å². The smallest absolute Gasteiger partial charge is 0.477 e. The van der Waals surface area contributed by atoms with Gasteiger partial charge in [0, 0.05) is 5.75 Å². The number of carbonyl (C=O) groups is 6. The number of fused-ring (bicyclic) bond motifs is 2. The maximum absolute atomic E-state index is 13.5. The fourth-order valence-corrected chi connectivity index (χ4v) is 6.59. The SMILES string of the molecule is COC(=O)Oc1cccc2c(=O)n(CC(=O)N[C@@H](C)C(=O)N[C@@H](C(=O)N[C@@H]3C(=O)N4C(C(=O)O)=C(Cl)CS[C@H]34)c3ccccc3)c(=O)oc12. The molecule has 2 aliphatic heterocycles. The van der Waals surface area contributed by atoms with Crippen molar-refractivity contribution in [3.05, 3.63) is 85.7 Å². The number of nitrogens with zero attached hydrogens (tertiary/aromatic N) is 2. The van der Waals surface area contributed by atoms with Gasteiger partial charge >= 0.3 is 17.9 Å². The highest BCUT2D eigenvalue weighted by atomic mass is 35.5. The first kappa shape index (κ1) is 34.7. The van der Waals surface area contributed by atoms with E-state index in [9.17, 15) is 43.5 Å². The molecule has 1 fully saturated rings. The molecule has 17 nitrogen and oxygen atoms in total. The van der Waals surface area contributed by atoms with E-state index in [1.165, 1.54) is 25.1 Å². The Bertz CT molecular complexity index is 2030. The number of methoxy groups -OCH3 is 1. The van der Waals surface area contributed by atoms with Crippen LogP contribution in [-0.4, -0.2) is 80.6 Å². The number of hydrogen-bond acceptors (Lipinski definition) is 12. The van der Waals surface area contributed by atoms with Crippen LogP contribution in [0.5, 0.6) is 5.75 Å². The summed E-state index contributed by atoms with van der Waals surface area (Å²) in [5.74, 6) is -6.04. The third-order valence-electron chi connectivity index (χ3n) is 7.40. The number of carboxylic acid groups (broad SMARTS) is 1. The number of nitrogens with one attached hydrogen (secondary N) is 3. The first-order valence-corrected chi connectivity index (χ1v) is 15.7. The normalized spacial score (nSPS) is 18.0. The standard InChI is InChI=1S/C30H26ClN5O12S/c1-13(32-18(37)11-35-25(40)15-9-6-10-17(47-30(45)46-2)22(15)48-29(35)44)23(38)33-19(14-7-4-3-5-8-14)24(39)34-20-26(41)36-21(28(42)43)16(31)12-49-27(20)36/h3-10,13,19-20,27H,11-12H2,1-2H3,(H,32,37)(H,33,38)(H,34,39)(H,42,43)/t13-,19+,20+,27+/m0/s1. The van der Waals surface area contributed by atoms with Gasteiger partial charge in [-0.25, -0.2) is 19.0 Å². The molecule has 4 amide bonds. The van der Waals surface area contributed by atoms with Crippen LogP contribution in [0.4, 0.5) is 4.79 Å². The average Bonchev–Trinajstić information content (AvgIpc) is 3.08. The molecule has 3 heterocycles. The molecule has 19 heteroatoms. The summed E-state index contributed by atoms with van der Waals surface area (Å²) in [7, 11) is 1.06. The third kappa shape index (κ3) is 7.00. The highest BCUT2D eigenvalue weighted by Gasteiger charge is 2.54. The Balaban J connectivity index is 1.27. The molecule has 4 N–H and O–H groups in total. The number of amides is 4. The van der Waals surface area contributed by atoms with E-state index < -0.39 is 77.1 Å². The number of aliphatic carboxylic acids is 1. The van der Waals surface area contributed by atoms with Crippen molar-refractivity contribution in [3.8, 4) is 5.75 Å². The lowest BCUT2D eigenvalue weighted by Gasteiger charge is -2.49. The Labute approximate surface area is 284 Å². The molecule has 0 radical (unpaired) electrons. The minimum absolute atomic E-state index is 0.0110. The number of hydrogen-bond donors (Lipinski definition) is 4. The van der Waals surface area contributed by atoms with Gasteiger partial charge in [0.15, 0.2) is 11.3 Å². The van der Waals surface area contributed by atoms with Crippen LogP contribution in [0.3, 0.4) is 0 Å². The molecule has 4 atom stereocenters. The summed E-state index contributed by atoms with van der Waals surface area (Å²) in [6.45, 7) is 0.445. The van der Waals surface area contributed by atoms with Crippen LogP contribution in [0.15, 0.2) is 73.3 Å². The van der Waals surface area contributed by atoms with E-state index in [-0.39, 0.29) is 33.2 Å². The number of carboxylic acids is 1. The van der Waals surface area contributed by atoms with Crippen LogP contribution in [0.25, 0.3) is 11.0 Å². The maximum atomic E-state index is 13.5. The zero-order chi connectivity index (χ0) is 35.6. The van der Waals surface area contributed by atoms with E-state index in [0.29, 0.717) is 10.1 Å². The number of ether oxygens (including phenoxy) is 2. The average molecular weight is 716 g/mol. The molecule has 256 valence electrons. The van der Waals surface area contributed by atoms with Gasteiger partial charge in [-0.3, -0.25) is 28.9 Å². The second-order valence-electron chi connectivity index (χ2n) is 10.5. The monoisotopic (exact) mass is 715 g/mol. The summed E-state index contributed by atoms with van der Waals surface area (Å²) in [4.78, 5) is 102. The highest BCUT2D eigenvalue weighted by molar-refractivity contribution is 8.00. The Morgan fingerprint density at radius 3 is 2.43 bits per heavy atom. The van der Waals surface area contributed by atoms with Gasteiger partial charge in [0.25, 0.3) is 11.5 Å². The lowest BCUT2D eigenvalue weighted by Crippen LogP contribution is -2.71. The molecule has 2 aliphatic rings. The summed E-state index contributed by atoms with van der Waals surface area (Å²) in [5, 5.41) is 16.0. The summed E-state index contributed by atoms with van der Waals surface area (Å²) in [6.07, 6.45) is -1.12. The van der Waals surface area contributed by atoms with Gasteiger partial charge in [-0.05, 0) is 24.6 Å². The largest absolute Gasteiger partial charge is 0.513 e. The van der Waals surface area contributed by atoms with Crippen molar-refractivity contribution in [2.45, 2.75) is 37.0 Å². The molecule has 1 saturated heterocycles. The number of rotatable bonds is 10. The van der Waals surface area contributed by atoms with Gasteiger partial charge < -0.3 is 34.9 Å². The zero-order valence-electron chi connectivity index (χ0n) is 25.5. The van der Waals surface area contributed by atoms with Crippen molar-refractivity contribution in [2.24, 2.45) is 0 Å². The Kier molecular flexibility index (Phi) is 10.1. The summed E-state index contributed by atoms with van der Waals surface area (Å²) in [6, 6.07) is 8.15. The van der Waals surface area contributed by atoms with Crippen LogP contribution < -0.4 is 32.0 Å². The number of aromatic nitrogens is 1. The molecular weight excluding hydrogens is 690 g/mol. The second-order valence-corrected chi connectivity index (χ2v) is 12.1. The topological polar surface area (TPSA) is 233 Å². The summed E-state index contributed by atoms with van der Waals surface area (Å²) >= 11 is 7.18. The fraction of sp³-hybridized carbons (Fsp3) is 0.267. The molecule has 3 aromatic rings. The molecule has 1 aromatic heterocycles. The van der Waals surface area contributed by atoms with Gasteiger partial charge in [0.2, 0.25) is 17.7 Å². The Morgan fingerprint density at radius 1 is 1.04 bits per heavy atom. The molecule has 0 unspecified atom stereocenters. The van der Waals surface area contributed by atoms with E-state index in [1.807, 2.05) is 0 Å². The second kappa shape index (κ2) is 14.2.